The molecule has 1 amide bonds. The van der Waals surface area contributed by atoms with Crippen LogP contribution < -0.4 is 5.32 Å². The van der Waals surface area contributed by atoms with Gasteiger partial charge in [0.1, 0.15) is 0 Å². The summed E-state index contributed by atoms with van der Waals surface area (Å²) in [5, 5.41) is 4.36. The van der Waals surface area contributed by atoms with E-state index in [4.69, 9.17) is 11.6 Å². The van der Waals surface area contributed by atoms with Crippen LogP contribution >= 0.6 is 22.9 Å². The van der Waals surface area contributed by atoms with E-state index in [1.807, 2.05) is 30.5 Å². The first-order chi connectivity index (χ1) is 10.7. The lowest BCUT2D eigenvalue weighted by atomic mass is 9.94. The van der Waals surface area contributed by atoms with Gasteiger partial charge >= 0.3 is 0 Å². The summed E-state index contributed by atoms with van der Waals surface area (Å²) < 4.78 is 0. The molecule has 1 aromatic carbocycles. The minimum atomic E-state index is 0.0703. The van der Waals surface area contributed by atoms with Crippen molar-refractivity contribution in [3.63, 3.8) is 0 Å². The number of hydrogen-bond acceptors (Lipinski definition) is 3. The van der Waals surface area contributed by atoms with Crippen LogP contribution in [0.25, 0.3) is 0 Å². The predicted octanol–water partition coefficient (Wildman–Crippen LogP) is 4.68. The number of aromatic nitrogens is 1. The van der Waals surface area contributed by atoms with E-state index in [-0.39, 0.29) is 11.8 Å². The van der Waals surface area contributed by atoms with Gasteiger partial charge in [0.15, 0.2) is 5.13 Å². The number of anilines is 1. The van der Waals surface area contributed by atoms with E-state index in [2.05, 4.69) is 22.5 Å². The molecule has 1 unspecified atom stereocenters. The van der Waals surface area contributed by atoms with Gasteiger partial charge in [0.2, 0.25) is 5.91 Å². The maximum absolute atomic E-state index is 12.2. The number of rotatable bonds is 4. The Kier molecular flexibility index (Phi) is 4.90. The van der Waals surface area contributed by atoms with E-state index >= 15 is 0 Å². The van der Waals surface area contributed by atoms with Crippen molar-refractivity contribution in [2.75, 3.05) is 5.32 Å². The zero-order valence-corrected chi connectivity index (χ0v) is 13.7. The number of allylic oxidation sites excluding steroid dienone is 2. The molecular formula is C17H17ClN2OS. The molecule has 0 spiro atoms. The second-order valence-corrected chi connectivity index (χ2v) is 6.89. The van der Waals surface area contributed by atoms with Gasteiger partial charge in [0, 0.05) is 28.4 Å². The van der Waals surface area contributed by atoms with Crippen molar-refractivity contribution in [2.24, 2.45) is 5.92 Å². The third kappa shape index (κ3) is 3.76. The van der Waals surface area contributed by atoms with Crippen LogP contribution in [-0.2, 0) is 11.2 Å². The van der Waals surface area contributed by atoms with Gasteiger partial charge in [-0.1, -0.05) is 42.0 Å². The first-order valence-corrected chi connectivity index (χ1v) is 8.56. The zero-order valence-electron chi connectivity index (χ0n) is 12.1. The Labute approximate surface area is 139 Å². The summed E-state index contributed by atoms with van der Waals surface area (Å²) >= 11 is 7.68. The number of hydrogen-bond donors (Lipinski definition) is 1. The standard InChI is InChI=1S/C17H17ClN2OS/c18-15-9-5-4-8-13(15)10-14-11-19-17(22-14)20-16(21)12-6-2-1-3-7-12/h1-2,4-5,8-9,11-12H,3,6-7,10H2,(H,19,20,21). The summed E-state index contributed by atoms with van der Waals surface area (Å²) in [6, 6.07) is 7.79. The molecule has 1 aliphatic rings. The summed E-state index contributed by atoms with van der Waals surface area (Å²) in [5.41, 5.74) is 1.07. The normalized spacial score (nSPS) is 17.4. The number of amides is 1. The van der Waals surface area contributed by atoms with E-state index in [0.717, 1.165) is 41.1 Å². The molecule has 1 aliphatic carbocycles. The maximum Gasteiger partial charge on any atom is 0.229 e. The lowest BCUT2D eigenvalue weighted by molar-refractivity contribution is -0.120. The number of nitrogens with zero attached hydrogens (tertiary/aromatic N) is 1. The molecule has 3 rings (SSSR count). The number of benzene rings is 1. The number of halogens is 1. The summed E-state index contributed by atoms with van der Waals surface area (Å²) in [6.07, 6.45) is 9.48. The van der Waals surface area contributed by atoms with Gasteiger partial charge in [-0.3, -0.25) is 4.79 Å². The van der Waals surface area contributed by atoms with E-state index in [0.29, 0.717) is 5.13 Å². The quantitative estimate of drug-likeness (QED) is 0.826. The van der Waals surface area contributed by atoms with Gasteiger partial charge < -0.3 is 5.32 Å². The van der Waals surface area contributed by atoms with Crippen LogP contribution in [0, 0.1) is 5.92 Å². The summed E-state index contributed by atoms with van der Waals surface area (Å²) in [7, 11) is 0. The van der Waals surface area contributed by atoms with E-state index in [1.165, 1.54) is 11.3 Å². The van der Waals surface area contributed by atoms with Gasteiger partial charge in [-0.15, -0.1) is 11.3 Å². The maximum atomic E-state index is 12.2. The second kappa shape index (κ2) is 7.07. The Balaban J connectivity index is 1.62. The summed E-state index contributed by atoms with van der Waals surface area (Å²) in [4.78, 5) is 17.6. The van der Waals surface area contributed by atoms with Crippen molar-refractivity contribution in [3.8, 4) is 0 Å². The van der Waals surface area contributed by atoms with Crippen LogP contribution in [-0.4, -0.2) is 10.9 Å². The van der Waals surface area contributed by atoms with Crippen molar-refractivity contribution in [1.29, 1.82) is 0 Å². The van der Waals surface area contributed by atoms with Gasteiger partial charge in [0.25, 0.3) is 0 Å². The van der Waals surface area contributed by atoms with Crippen molar-refractivity contribution in [3.05, 3.63) is 58.1 Å². The molecule has 114 valence electrons. The molecule has 0 fully saturated rings. The van der Waals surface area contributed by atoms with Crippen molar-refractivity contribution < 1.29 is 4.79 Å². The van der Waals surface area contributed by atoms with Crippen molar-refractivity contribution in [1.82, 2.24) is 4.98 Å². The SMILES string of the molecule is O=C(Nc1ncc(Cc2ccccc2Cl)s1)C1CC=CCC1. The largest absolute Gasteiger partial charge is 0.302 e. The van der Waals surface area contributed by atoms with Crippen LogP contribution in [0.1, 0.15) is 29.7 Å². The predicted molar refractivity (Wildman–Crippen MR) is 91.5 cm³/mol. The van der Waals surface area contributed by atoms with Crippen molar-refractivity contribution >= 4 is 34.0 Å². The monoisotopic (exact) mass is 332 g/mol. The highest BCUT2D eigenvalue weighted by Crippen LogP contribution is 2.26. The van der Waals surface area contributed by atoms with Crippen LogP contribution in [0.15, 0.2) is 42.6 Å². The molecule has 1 N–H and O–H groups in total. The molecule has 1 heterocycles. The zero-order chi connectivity index (χ0) is 15.4. The third-order valence-electron chi connectivity index (χ3n) is 3.75. The molecule has 1 atom stereocenters. The van der Waals surface area contributed by atoms with E-state index in [1.54, 1.807) is 0 Å². The number of carbonyl (C=O) groups excluding carboxylic acids is 1. The third-order valence-corrected chi connectivity index (χ3v) is 5.03. The second-order valence-electron chi connectivity index (χ2n) is 5.37. The first kappa shape index (κ1) is 15.3. The minimum absolute atomic E-state index is 0.0703. The fourth-order valence-corrected chi connectivity index (χ4v) is 3.56. The molecule has 5 heteroatoms. The van der Waals surface area contributed by atoms with E-state index < -0.39 is 0 Å². The number of carbonyl (C=O) groups is 1. The lowest BCUT2D eigenvalue weighted by Gasteiger charge is -2.15. The molecular weight excluding hydrogens is 316 g/mol. The Hall–Kier alpha value is -1.65. The fraction of sp³-hybridized carbons (Fsp3) is 0.294. The highest BCUT2D eigenvalue weighted by Gasteiger charge is 2.19. The Morgan fingerprint density at radius 3 is 3.00 bits per heavy atom. The topological polar surface area (TPSA) is 42.0 Å². The molecule has 0 saturated heterocycles. The summed E-state index contributed by atoms with van der Waals surface area (Å²) in [6.45, 7) is 0. The van der Waals surface area contributed by atoms with Gasteiger partial charge in [-0.25, -0.2) is 4.98 Å². The molecule has 3 nitrogen and oxygen atoms in total. The molecule has 0 saturated carbocycles. The fourth-order valence-electron chi connectivity index (χ4n) is 2.52. The molecule has 2 aromatic rings. The highest BCUT2D eigenvalue weighted by atomic mass is 35.5. The van der Waals surface area contributed by atoms with Crippen LogP contribution in [0.4, 0.5) is 5.13 Å². The Morgan fingerprint density at radius 2 is 2.23 bits per heavy atom. The Morgan fingerprint density at radius 1 is 1.36 bits per heavy atom. The first-order valence-electron chi connectivity index (χ1n) is 7.36. The molecule has 0 bridgehead atoms. The average molecular weight is 333 g/mol. The smallest absolute Gasteiger partial charge is 0.229 e. The minimum Gasteiger partial charge on any atom is -0.302 e. The van der Waals surface area contributed by atoms with Crippen LogP contribution in [0.5, 0.6) is 0 Å². The van der Waals surface area contributed by atoms with Crippen LogP contribution in [0.3, 0.4) is 0 Å². The number of thiazole rings is 1. The number of nitrogens with one attached hydrogen (secondary N) is 1. The van der Waals surface area contributed by atoms with Gasteiger partial charge in [-0.2, -0.15) is 0 Å². The highest BCUT2D eigenvalue weighted by molar-refractivity contribution is 7.15. The lowest BCUT2D eigenvalue weighted by Crippen LogP contribution is -2.23. The molecule has 0 aliphatic heterocycles. The summed E-state index contributed by atoms with van der Waals surface area (Å²) in [5.74, 6) is 0.143. The van der Waals surface area contributed by atoms with Gasteiger partial charge in [-0.05, 0) is 30.9 Å². The van der Waals surface area contributed by atoms with Crippen molar-refractivity contribution in [2.45, 2.75) is 25.7 Å². The Bertz CT molecular complexity index is 695. The molecule has 0 radical (unpaired) electrons. The van der Waals surface area contributed by atoms with Gasteiger partial charge in [0.05, 0.1) is 0 Å². The average Bonchev–Trinajstić information content (AvgIpc) is 2.97. The van der Waals surface area contributed by atoms with E-state index in [9.17, 15) is 4.79 Å². The van der Waals surface area contributed by atoms with Crippen LogP contribution in [0.2, 0.25) is 5.02 Å². The molecule has 1 aromatic heterocycles. The molecule has 22 heavy (non-hydrogen) atoms.